The maximum absolute atomic E-state index is 11.0. The molecule has 1 N–H and O–H groups in total. The highest BCUT2D eigenvalue weighted by molar-refractivity contribution is 5.87. The SMILES string of the molecule is O=C(O)C1=C(COC2=CCCC2)CCCC1. The van der Waals surface area contributed by atoms with Gasteiger partial charge in [-0.1, -0.05) is 0 Å². The van der Waals surface area contributed by atoms with E-state index in [0.717, 1.165) is 43.4 Å². The molecule has 2 aliphatic carbocycles. The lowest BCUT2D eigenvalue weighted by molar-refractivity contribution is -0.133. The third-order valence-corrected chi connectivity index (χ3v) is 3.27. The standard InChI is InChI=1S/C13H18O3/c14-13(15)12-8-4-1-5-10(12)9-16-11-6-2-3-7-11/h6H,1-5,7-9H2,(H,14,15). The molecule has 0 amide bonds. The number of hydrogen-bond donors (Lipinski definition) is 1. The molecule has 0 aromatic carbocycles. The highest BCUT2D eigenvalue weighted by atomic mass is 16.5. The van der Waals surface area contributed by atoms with Crippen LogP contribution in [-0.4, -0.2) is 17.7 Å². The number of carboxylic acids is 1. The third-order valence-electron chi connectivity index (χ3n) is 3.27. The van der Waals surface area contributed by atoms with Crippen LogP contribution in [0.4, 0.5) is 0 Å². The van der Waals surface area contributed by atoms with Crippen LogP contribution >= 0.6 is 0 Å². The fourth-order valence-electron chi connectivity index (χ4n) is 2.34. The van der Waals surface area contributed by atoms with E-state index >= 15 is 0 Å². The van der Waals surface area contributed by atoms with Crippen molar-refractivity contribution in [2.75, 3.05) is 6.61 Å². The van der Waals surface area contributed by atoms with Crippen molar-refractivity contribution >= 4 is 5.97 Å². The van der Waals surface area contributed by atoms with Crippen molar-refractivity contribution in [3.05, 3.63) is 23.0 Å². The van der Waals surface area contributed by atoms with E-state index < -0.39 is 5.97 Å². The molecular formula is C13H18O3. The fraction of sp³-hybridized carbons (Fsp3) is 0.615. The number of carboxylic acid groups (broad SMARTS) is 1. The van der Waals surface area contributed by atoms with E-state index in [4.69, 9.17) is 9.84 Å². The molecule has 2 rings (SSSR count). The fourth-order valence-corrected chi connectivity index (χ4v) is 2.34. The second-order valence-corrected chi connectivity index (χ2v) is 4.45. The summed E-state index contributed by atoms with van der Waals surface area (Å²) in [7, 11) is 0. The van der Waals surface area contributed by atoms with Crippen LogP contribution in [0.1, 0.15) is 44.9 Å². The molecule has 2 aliphatic rings. The van der Waals surface area contributed by atoms with Gasteiger partial charge in [-0.05, 0) is 50.2 Å². The van der Waals surface area contributed by atoms with Gasteiger partial charge >= 0.3 is 5.97 Å². The van der Waals surface area contributed by atoms with Crippen molar-refractivity contribution in [1.29, 1.82) is 0 Å². The monoisotopic (exact) mass is 222 g/mol. The Labute approximate surface area is 95.8 Å². The van der Waals surface area contributed by atoms with E-state index in [-0.39, 0.29) is 0 Å². The van der Waals surface area contributed by atoms with E-state index in [2.05, 4.69) is 6.08 Å². The average Bonchev–Trinajstić information content (AvgIpc) is 2.79. The maximum Gasteiger partial charge on any atom is 0.331 e. The van der Waals surface area contributed by atoms with Gasteiger partial charge in [-0.3, -0.25) is 0 Å². The Morgan fingerprint density at radius 2 is 2.06 bits per heavy atom. The lowest BCUT2D eigenvalue weighted by Gasteiger charge is -2.18. The predicted molar refractivity (Wildman–Crippen MR) is 61.0 cm³/mol. The summed E-state index contributed by atoms with van der Waals surface area (Å²) in [6.45, 7) is 0.480. The molecule has 0 bridgehead atoms. The largest absolute Gasteiger partial charge is 0.494 e. The van der Waals surface area contributed by atoms with Crippen molar-refractivity contribution in [2.24, 2.45) is 0 Å². The zero-order valence-corrected chi connectivity index (χ0v) is 9.50. The lowest BCUT2D eigenvalue weighted by Crippen LogP contribution is -2.12. The van der Waals surface area contributed by atoms with Gasteiger partial charge in [0.15, 0.2) is 0 Å². The molecule has 88 valence electrons. The Hall–Kier alpha value is -1.25. The molecule has 0 atom stereocenters. The van der Waals surface area contributed by atoms with Crippen molar-refractivity contribution in [2.45, 2.75) is 44.9 Å². The molecule has 3 nitrogen and oxygen atoms in total. The molecule has 0 saturated carbocycles. The van der Waals surface area contributed by atoms with Crippen LogP contribution in [0.25, 0.3) is 0 Å². The summed E-state index contributed by atoms with van der Waals surface area (Å²) in [6.07, 6.45) is 9.06. The predicted octanol–water partition coefficient (Wildman–Crippen LogP) is 3.03. The van der Waals surface area contributed by atoms with Crippen LogP contribution in [0.3, 0.4) is 0 Å². The summed E-state index contributed by atoms with van der Waals surface area (Å²) in [4.78, 5) is 11.0. The van der Waals surface area contributed by atoms with Crippen LogP contribution in [-0.2, 0) is 9.53 Å². The van der Waals surface area contributed by atoms with Gasteiger partial charge in [0.25, 0.3) is 0 Å². The molecule has 0 saturated heterocycles. The Balaban J connectivity index is 1.97. The van der Waals surface area contributed by atoms with Gasteiger partial charge in [0.05, 0.1) is 5.76 Å². The van der Waals surface area contributed by atoms with E-state index in [1.54, 1.807) is 0 Å². The van der Waals surface area contributed by atoms with Crippen molar-refractivity contribution in [3.63, 3.8) is 0 Å². The molecule has 0 heterocycles. The van der Waals surface area contributed by atoms with Crippen LogP contribution in [0, 0.1) is 0 Å². The van der Waals surface area contributed by atoms with Gasteiger partial charge in [0.1, 0.15) is 6.61 Å². The minimum atomic E-state index is -0.765. The van der Waals surface area contributed by atoms with Crippen LogP contribution < -0.4 is 0 Å². The van der Waals surface area contributed by atoms with E-state index in [1.165, 1.54) is 6.42 Å². The van der Waals surface area contributed by atoms with Crippen LogP contribution in [0.15, 0.2) is 23.0 Å². The van der Waals surface area contributed by atoms with Gasteiger partial charge < -0.3 is 9.84 Å². The summed E-state index contributed by atoms with van der Waals surface area (Å²) in [6, 6.07) is 0. The van der Waals surface area contributed by atoms with E-state index in [0.29, 0.717) is 18.6 Å². The second-order valence-electron chi connectivity index (χ2n) is 4.45. The molecule has 0 spiro atoms. The molecule has 0 fully saturated rings. The summed E-state index contributed by atoms with van der Waals surface area (Å²) in [5, 5.41) is 9.07. The zero-order valence-electron chi connectivity index (χ0n) is 9.50. The minimum absolute atomic E-state index is 0.480. The van der Waals surface area contributed by atoms with Crippen molar-refractivity contribution in [1.82, 2.24) is 0 Å². The first-order valence-corrected chi connectivity index (χ1v) is 6.03. The third kappa shape index (κ3) is 2.65. The topological polar surface area (TPSA) is 46.5 Å². The van der Waals surface area contributed by atoms with Crippen molar-refractivity contribution in [3.8, 4) is 0 Å². The maximum atomic E-state index is 11.0. The number of carbonyl (C=O) groups is 1. The summed E-state index contributed by atoms with van der Waals surface area (Å²) in [5.74, 6) is 0.279. The number of aliphatic carboxylic acids is 1. The van der Waals surface area contributed by atoms with Crippen LogP contribution in [0.5, 0.6) is 0 Å². The van der Waals surface area contributed by atoms with Gasteiger partial charge in [0.2, 0.25) is 0 Å². The van der Waals surface area contributed by atoms with Gasteiger partial charge in [0, 0.05) is 12.0 Å². The lowest BCUT2D eigenvalue weighted by atomic mass is 9.92. The first-order valence-electron chi connectivity index (χ1n) is 6.03. The number of allylic oxidation sites excluding steroid dienone is 2. The Morgan fingerprint density at radius 3 is 2.75 bits per heavy atom. The number of rotatable bonds is 4. The zero-order chi connectivity index (χ0) is 11.4. The van der Waals surface area contributed by atoms with Gasteiger partial charge in [-0.25, -0.2) is 4.79 Å². The normalized spacial score (nSPS) is 20.9. The van der Waals surface area contributed by atoms with E-state index in [1.807, 2.05) is 0 Å². The highest BCUT2D eigenvalue weighted by Crippen LogP contribution is 2.27. The van der Waals surface area contributed by atoms with E-state index in [9.17, 15) is 4.79 Å². The molecule has 16 heavy (non-hydrogen) atoms. The number of hydrogen-bond acceptors (Lipinski definition) is 2. The molecular weight excluding hydrogens is 204 g/mol. The number of ether oxygens (including phenoxy) is 1. The molecule has 0 aromatic rings. The Kier molecular flexibility index (Phi) is 3.65. The summed E-state index contributed by atoms with van der Waals surface area (Å²) in [5.41, 5.74) is 1.58. The molecule has 0 aliphatic heterocycles. The molecule has 0 unspecified atom stereocenters. The Bertz CT molecular complexity index is 339. The van der Waals surface area contributed by atoms with Crippen LogP contribution in [0.2, 0.25) is 0 Å². The summed E-state index contributed by atoms with van der Waals surface area (Å²) < 4.78 is 5.66. The van der Waals surface area contributed by atoms with Gasteiger partial charge in [-0.15, -0.1) is 0 Å². The average molecular weight is 222 g/mol. The smallest absolute Gasteiger partial charge is 0.331 e. The van der Waals surface area contributed by atoms with Gasteiger partial charge in [-0.2, -0.15) is 0 Å². The molecule has 0 radical (unpaired) electrons. The molecule has 0 aromatic heterocycles. The minimum Gasteiger partial charge on any atom is -0.494 e. The Morgan fingerprint density at radius 1 is 1.25 bits per heavy atom. The summed E-state index contributed by atoms with van der Waals surface area (Å²) >= 11 is 0. The van der Waals surface area contributed by atoms with Crippen molar-refractivity contribution < 1.29 is 14.6 Å². The highest BCUT2D eigenvalue weighted by Gasteiger charge is 2.19. The second kappa shape index (κ2) is 5.19. The first-order chi connectivity index (χ1) is 7.77. The molecule has 3 heteroatoms. The quantitative estimate of drug-likeness (QED) is 0.795. The first kappa shape index (κ1) is 11.2.